The van der Waals surface area contributed by atoms with Crippen molar-refractivity contribution >= 4 is 16.0 Å². The normalized spacial score (nSPS) is 13.3. The predicted octanol–water partition coefficient (Wildman–Crippen LogP) is -1.02. The van der Waals surface area contributed by atoms with Gasteiger partial charge in [0.05, 0.1) is 5.75 Å². The van der Waals surface area contributed by atoms with Crippen LogP contribution in [0.1, 0.15) is 20.3 Å². The van der Waals surface area contributed by atoms with Crippen LogP contribution in [-0.4, -0.2) is 32.7 Å². The molecule has 0 aliphatic carbocycles. The maximum absolute atomic E-state index is 10.5. The molecule has 0 aromatic heterocycles. The predicted molar refractivity (Wildman–Crippen MR) is 57.4 cm³/mol. The lowest BCUT2D eigenvalue weighted by Gasteiger charge is -2.07. The Labute approximate surface area is 84.8 Å². The molecule has 0 heterocycles. The smallest absolute Gasteiger partial charge is 0.209 e. The highest BCUT2D eigenvalue weighted by Gasteiger charge is 2.01. The summed E-state index contributed by atoms with van der Waals surface area (Å²) in [6.45, 7) is 4.24. The number of hydrogen-bond donors (Lipinski definition) is 3. The van der Waals surface area contributed by atoms with Crippen molar-refractivity contribution in [2.75, 3.05) is 12.3 Å². The summed E-state index contributed by atoms with van der Waals surface area (Å²) >= 11 is 0. The van der Waals surface area contributed by atoms with Gasteiger partial charge in [-0.25, -0.2) is 13.6 Å². The van der Waals surface area contributed by atoms with Gasteiger partial charge in [-0.15, -0.1) is 0 Å². The number of nitrogens with one attached hydrogen (secondary N) is 1. The molecule has 0 aliphatic heterocycles. The van der Waals surface area contributed by atoms with E-state index in [9.17, 15) is 8.42 Å². The van der Waals surface area contributed by atoms with Gasteiger partial charge in [0, 0.05) is 12.6 Å². The standard InChI is InChI=1S/C7H18N4O2S/c1-6(2)11-7(8)10-4-3-5-14(9,12)13/h6H,3-5H2,1-2H3,(H3,8,10,11)(H2,9,12,13). The van der Waals surface area contributed by atoms with Crippen LogP contribution in [0, 0.1) is 0 Å². The van der Waals surface area contributed by atoms with E-state index in [0.717, 1.165) is 0 Å². The first-order valence-electron chi connectivity index (χ1n) is 4.38. The highest BCUT2D eigenvalue weighted by molar-refractivity contribution is 7.89. The highest BCUT2D eigenvalue weighted by atomic mass is 32.2. The quantitative estimate of drug-likeness (QED) is 0.314. The Bertz CT molecular complexity index is 284. The molecular weight excluding hydrogens is 204 g/mol. The summed E-state index contributed by atoms with van der Waals surface area (Å²) < 4.78 is 21.1. The van der Waals surface area contributed by atoms with Crippen LogP contribution in [0.3, 0.4) is 0 Å². The van der Waals surface area contributed by atoms with E-state index in [2.05, 4.69) is 10.3 Å². The number of nitrogens with zero attached hydrogens (tertiary/aromatic N) is 1. The van der Waals surface area contributed by atoms with Crippen molar-refractivity contribution in [1.82, 2.24) is 5.32 Å². The molecule has 0 aliphatic rings. The monoisotopic (exact) mass is 222 g/mol. The minimum atomic E-state index is -3.38. The summed E-state index contributed by atoms with van der Waals surface area (Å²) in [5.74, 6) is 0.264. The first-order chi connectivity index (χ1) is 6.31. The van der Waals surface area contributed by atoms with Crippen LogP contribution in [0.4, 0.5) is 0 Å². The molecule has 0 aromatic rings. The van der Waals surface area contributed by atoms with Gasteiger partial charge in [-0.2, -0.15) is 0 Å². The number of hydrogen-bond acceptors (Lipinski definition) is 3. The third-order valence-corrected chi connectivity index (χ3v) is 2.16. The number of guanidine groups is 1. The van der Waals surface area contributed by atoms with Crippen LogP contribution < -0.4 is 16.2 Å². The molecule has 14 heavy (non-hydrogen) atoms. The molecule has 0 fully saturated rings. The summed E-state index contributed by atoms with van der Waals surface area (Å²) in [7, 11) is -3.38. The molecule has 0 atom stereocenters. The van der Waals surface area contributed by atoms with E-state index in [1.807, 2.05) is 13.8 Å². The van der Waals surface area contributed by atoms with Gasteiger partial charge in [0.15, 0.2) is 5.96 Å². The Morgan fingerprint density at radius 1 is 1.50 bits per heavy atom. The van der Waals surface area contributed by atoms with Crippen molar-refractivity contribution in [3.05, 3.63) is 0 Å². The van der Waals surface area contributed by atoms with E-state index < -0.39 is 10.0 Å². The zero-order valence-corrected chi connectivity index (χ0v) is 9.34. The van der Waals surface area contributed by atoms with Gasteiger partial charge in [0.2, 0.25) is 10.0 Å². The maximum Gasteiger partial charge on any atom is 0.209 e. The Balaban J connectivity index is 3.72. The molecule has 84 valence electrons. The molecule has 0 unspecified atom stereocenters. The Morgan fingerprint density at radius 3 is 2.50 bits per heavy atom. The average Bonchev–Trinajstić information content (AvgIpc) is 1.95. The average molecular weight is 222 g/mol. The first kappa shape index (κ1) is 13.2. The molecule has 5 N–H and O–H groups in total. The molecule has 0 amide bonds. The number of primary sulfonamides is 1. The van der Waals surface area contributed by atoms with Crippen molar-refractivity contribution in [3.8, 4) is 0 Å². The van der Waals surface area contributed by atoms with Gasteiger partial charge in [-0.1, -0.05) is 0 Å². The molecule has 7 heteroatoms. The molecule has 0 spiro atoms. The van der Waals surface area contributed by atoms with Crippen molar-refractivity contribution in [2.45, 2.75) is 26.3 Å². The van der Waals surface area contributed by atoms with Gasteiger partial charge < -0.3 is 11.1 Å². The largest absolute Gasteiger partial charge is 0.370 e. The Hall–Kier alpha value is -0.820. The molecular formula is C7H18N4O2S. The lowest BCUT2D eigenvalue weighted by atomic mass is 10.4. The number of rotatable bonds is 5. The van der Waals surface area contributed by atoms with Crippen LogP contribution in [0.25, 0.3) is 0 Å². The van der Waals surface area contributed by atoms with Crippen LogP contribution in [0.5, 0.6) is 0 Å². The second kappa shape index (κ2) is 5.82. The van der Waals surface area contributed by atoms with E-state index in [-0.39, 0.29) is 11.8 Å². The minimum Gasteiger partial charge on any atom is -0.370 e. The highest BCUT2D eigenvalue weighted by Crippen LogP contribution is 1.86. The fraction of sp³-hybridized carbons (Fsp3) is 0.857. The second-order valence-electron chi connectivity index (χ2n) is 3.29. The number of sulfonamides is 1. The summed E-state index contributed by atoms with van der Waals surface area (Å²) in [6, 6.07) is 0.219. The summed E-state index contributed by atoms with van der Waals surface area (Å²) in [5.41, 5.74) is 5.48. The number of nitrogens with two attached hydrogens (primary N) is 2. The molecule has 6 nitrogen and oxygen atoms in total. The maximum atomic E-state index is 10.5. The third kappa shape index (κ3) is 9.27. The summed E-state index contributed by atoms with van der Waals surface area (Å²) in [5, 5.41) is 7.70. The van der Waals surface area contributed by atoms with Gasteiger partial charge in [0.25, 0.3) is 0 Å². The Morgan fingerprint density at radius 2 is 2.07 bits per heavy atom. The van der Waals surface area contributed by atoms with Crippen molar-refractivity contribution in [3.63, 3.8) is 0 Å². The van der Waals surface area contributed by atoms with Crippen LogP contribution in [0.2, 0.25) is 0 Å². The van der Waals surface area contributed by atoms with Crippen LogP contribution >= 0.6 is 0 Å². The van der Waals surface area contributed by atoms with Crippen molar-refractivity contribution in [1.29, 1.82) is 0 Å². The Kier molecular flexibility index (Phi) is 5.47. The fourth-order valence-electron chi connectivity index (χ4n) is 0.807. The van der Waals surface area contributed by atoms with Gasteiger partial charge in [0.1, 0.15) is 0 Å². The minimum absolute atomic E-state index is 0.0640. The fourth-order valence-corrected chi connectivity index (χ4v) is 1.34. The van der Waals surface area contributed by atoms with E-state index in [0.29, 0.717) is 18.9 Å². The molecule has 0 saturated heterocycles. The first-order valence-corrected chi connectivity index (χ1v) is 6.10. The van der Waals surface area contributed by atoms with Gasteiger partial charge in [-0.3, -0.25) is 4.99 Å². The van der Waals surface area contributed by atoms with E-state index in [4.69, 9.17) is 10.9 Å². The summed E-state index contributed by atoms with van der Waals surface area (Å²) in [6.07, 6.45) is 0.388. The molecule has 0 aromatic carbocycles. The lowest BCUT2D eigenvalue weighted by molar-refractivity contribution is 0.595. The summed E-state index contributed by atoms with van der Waals surface area (Å²) in [4.78, 5) is 3.93. The van der Waals surface area contributed by atoms with Crippen molar-refractivity contribution < 1.29 is 8.42 Å². The molecule has 0 saturated carbocycles. The van der Waals surface area contributed by atoms with E-state index in [1.165, 1.54) is 0 Å². The second-order valence-corrected chi connectivity index (χ2v) is 5.02. The zero-order valence-electron chi connectivity index (χ0n) is 8.53. The zero-order chi connectivity index (χ0) is 11.2. The van der Waals surface area contributed by atoms with Gasteiger partial charge in [-0.05, 0) is 20.3 Å². The van der Waals surface area contributed by atoms with Gasteiger partial charge >= 0.3 is 0 Å². The van der Waals surface area contributed by atoms with Crippen molar-refractivity contribution in [2.24, 2.45) is 15.9 Å². The lowest BCUT2D eigenvalue weighted by Crippen LogP contribution is -2.36. The van der Waals surface area contributed by atoms with E-state index >= 15 is 0 Å². The number of aliphatic imine (C=N–C) groups is 1. The topological polar surface area (TPSA) is 111 Å². The molecule has 0 bridgehead atoms. The SMILES string of the molecule is CC(C)NC(N)=NCCCS(N)(=O)=O. The third-order valence-electron chi connectivity index (χ3n) is 1.31. The van der Waals surface area contributed by atoms with Crippen LogP contribution in [-0.2, 0) is 10.0 Å². The van der Waals surface area contributed by atoms with Crippen LogP contribution in [0.15, 0.2) is 4.99 Å². The van der Waals surface area contributed by atoms with E-state index in [1.54, 1.807) is 0 Å². The molecule has 0 radical (unpaired) electrons. The molecule has 0 rings (SSSR count).